The molecule has 1 aliphatic rings. The Morgan fingerprint density at radius 3 is 3.08 bits per heavy atom. The zero-order chi connectivity index (χ0) is 8.81. The van der Waals surface area contributed by atoms with Crippen LogP contribution >= 0.6 is 12.2 Å². The van der Waals surface area contributed by atoms with E-state index in [1.807, 2.05) is 6.08 Å². The molecule has 0 aromatic rings. The summed E-state index contributed by atoms with van der Waals surface area (Å²) in [6, 6.07) is 0. The fraction of sp³-hybridized carbons (Fsp3) is 0.333. The van der Waals surface area contributed by atoms with Crippen LogP contribution in [0.2, 0.25) is 0 Å². The highest BCUT2D eigenvalue weighted by molar-refractivity contribution is 7.78. The molecule has 0 heterocycles. The molecule has 0 aliphatic heterocycles. The molecule has 1 rings (SSSR count). The van der Waals surface area contributed by atoms with E-state index in [0.717, 1.165) is 18.4 Å². The topological polar surface area (TPSA) is 29.1 Å². The summed E-state index contributed by atoms with van der Waals surface area (Å²) in [5, 5.41) is 2.47. The molecule has 1 amide bonds. The smallest absolute Gasteiger partial charge is 0.228 e. The van der Waals surface area contributed by atoms with Crippen LogP contribution in [0.3, 0.4) is 0 Å². The summed E-state index contributed by atoms with van der Waals surface area (Å²) in [6.45, 7) is 0. The molecular formula is C9H11NOS. The summed E-state index contributed by atoms with van der Waals surface area (Å²) < 4.78 is 0. The molecule has 0 aromatic heterocycles. The lowest BCUT2D eigenvalue weighted by atomic mass is 10.0. The summed E-state index contributed by atoms with van der Waals surface area (Å²) in [5.41, 5.74) is 2.32. The van der Waals surface area contributed by atoms with Gasteiger partial charge in [-0.3, -0.25) is 4.79 Å². The molecule has 0 radical (unpaired) electrons. The lowest BCUT2D eigenvalue weighted by Gasteiger charge is -2.04. The molecule has 3 heteroatoms. The van der Waals surface area contributed by atoms with Gasteiger partial charge in [-0.15, -0.1) is 0 Å². The Balaban J connectivity index is 2.39. The van der Waals surface area contributed by atoms with Gasteiger partial charge in [-0.1, -0.05) is 30.4 Å². The van der Waals surface area contributed by atoms with Gasteiger partial charge >= 0.3 is 0 Å². The van der Waals surface area contributed by atoms with Gasteiger partial charge in [0, 0.05) is 0 Å². The SMILES string of the molecule is O=C(CC1=CCCC=C1)NC=S. The van der Waals surface area contributed by atoms with Crippen molar-refractivity contribution in [2.75, 3.05) is 0 Å². The van der Waals surface area contributed by atoms with E-state index >= 15 is 0 Å². The summed E-state index contributed by atoms with van der Waals surface area (Å²) in [7, 11) is 0. The third kappa shape index (κ3) is 2.96. The standard InChI is InChI=1S/C9H11NOS/c11-9(10-7-12)6-8-4-2-1-3-5-8/h2,4-5,7H,1,3,6H2,(H,10,11,12). The van der Waals surface area contributed by atoms with Crippen LogP contribution in [0.25, 0.3) is 0 Å². The molecule has 2 nitrogen and oxygen atoms in total. The van der Waals surface area contributed by atoms with Gasteiger partial charge in [0.1, 0.15) is 0 Å². The van der Waals surface area contributed by atoms with Crippen molar-refractivity contribution in [1.82, 2.24) is 5.32 Å². The Morgan fingerprint density at radius 2 is 2.50 bits per heavy atom. The second kappa shape index (κ2) is 4.83. The Labute approximate surface area is 77.3 Å². The maximum absolute atomic E-state index is 11.0. The number of hydrogen-bond acceptors (Lipinski definition) is 2. The Kier molecular flexibility index (Phi) is 3.67. The molecule has 0 bridgehead atoms. The molecule has 0 fully saturated rings. The molecular weight excluding hydrogens is 170 g/mol. The van der Waals surface area contributed by atoms with Crippen molar-refractivity contribution < 1.29 is 4.79 Å². The zero-order valence-corrected chi connectivity index (χ0v) is 7.56. The van der Waals surface area contributed by atoms with E-state index in [2.05, 4.69) is 29.7 Å². The first-order valence-electron chi connectivity index (χ1n) is 3.91. The van der Waals surface area contributed by atoms with Crippen molar-refractivity contribution in [3.8, 4) is 0 Å². The largest absolute Gasteiger partial charge is 0.323 e. The third-order valence-electron chi connectivity index (χ3n) is 1.66. The third-order valence-corrected chi connectivity index (χ3v) is 1.77. The minimum absolute atomic E-state index is 0.0391. The predicted molar refractivity (Wildman–Crippen MR) is 52.9 cm³/mol. The van der Waals surface area contributed by atoms with E-state index in [0.29, 0.717) is 6.42 Å². The molecule has 0 unspecified atom stereocenters. The lowest BCUT2D eigenvalue weighted by Crippen LogP contribution is -2.20. The Hall–Kier alpha value is -0.960. The summed E-state index contributed by atoms with van der Waals surface area (Å²) in [5.74, 6) is -0.0391. The van der Waals surface area contributed by atoms with Gasteiger partial charge in [0.05, 0.1) is 11.9 Å². The van der Waals surface area contributed by atoms with Crippen LogP contribution in [0, 0.1) is 0 Å². The summed E-state index contributed by atoms with van der Waals surface area (Å²) >= 11 is 4.50. The Morgan fingerprint density at radius 1 is 1.67 bits per heavy atom. The van der Waals surface area contributed by atoms with Gasteiger partial charge in [-0.2, -0.15) is 0 Å². The molecule has 0 saturated heterocycles. The minimum atomic E-state index is -0.0391. The van der Waals surface area contributed by atoms with Crippen molar-refractivity contribution in [3.63, 3.8) is 0 Å². The van der Waals surface area contributed by atoms with E-state index in [-0.39, 0.29) is 5.91 Å². The Bertz CT molecular complexity index is 243. The summed E-state index contributed by atoms with van der Waals surface area (Å²) in [4.78, 5) is 11.0. The number of carbonyl (C=O) groups is 1. The zero-order valence-electron chi connectivity index (χ0n) is 6.75. The van der Waals surface area contributed by atoms with E-state index in [1.54, 1.807) is 0 Å². The molecule has 1 aliphatic carbocycles. The molecule has 0 saturated carbocycles. The number of hydrogen-bond donors (Lipinski definition) is 1. The normalized spacial score (nSPS) is 15.2. The highest BCUT2D eigenvalue weighted by Crippen LogP contribution is 2.12. The van der Waals surface area contributed by atoms with Crippen LogP contribution < -0.4 is 5.32 Å². The average molecular weight is 181 g/mol. The number of allylic oxidation sites excluding steroid dienone is 3. The van der Waals surface area contributed by atoms with Crippen molar-refractivity contribution in [2.24, 2.45) is 0 Å². The van der Waals surface area contributed by atoms with Gasteiger partial charge in [0.25, 0.3) is 0 Å². The maximum Gasteiger partial charge on any atom is 0.228 e. The van der Waals surface area contributed by atoms with Crippen LogP contribution in [0.4, 0.5) is 0 Å². The van der Waals surface area contributed by atoms with E-state index in [4.69, 9.17) is 0 Å². The molecule has 64 valence electrons. The van der Waals surface area contributed by atoms with Crippen LogP contribution in [0.5, 0.6) is 0 Å². The van der Waals surface area contributed by atoms with Crippen molar-refractivity contribution >= 4 is 23.6 Å². The molecule has 12 heavy (non-hydrogen) atoms. The number of nitrogens with one attached hydrogen (secondary N) is 1. The summed E-state index contributed by atoms with van der Waals surface area (Å²) in [6.07, 6.45) is 8.72. The van der Waals surface area contributed by atoms with Crippen molar-refractivity contribution in [2.45, 2.75) is 19.3 Å². The fourth-order valence-corrected chi connectivity index (χ4v) is 1.23. The van der Waals surface area contributed by atoms with Gasteiger partial charge in [-0.25, -0.2) is 0 Å². The quantitative estimate of drug-likeness (QED) is 0.672. The predicted octanol–water partition coefficient (Wildman–Crippen LogP) is 1.73. The van der Waals surface area contributed by atoms with Crippen LogP contribution in [0.1, 0.15) is 19.3 Å². The second-order valence-electron chi connectivity index (χ2n) is 2.62. The monoisotopic (exact) mass is 181 g/mol. The van der Waals surface area contributed by atoms with Crippen LogP contribution in [0.15, 0.2) is 23.8 Å². The number of amides is 1. The first-order valence-corrected chi connectivity index (χ1v) is 4.38. The average Bonchev–Trinajstić information content (AvgIpc) is 2.06. The van der Waals surface area contributed by atoms with Gasteiger partial charge in [-0.05, 0) is 18.4 Å². The number of thiocarbonyl (C=S) groups is 1. The van der Waals surface area contributed by atoms with Gasteiger partial charge < -0.3 is 5.32 Å². The molecule has 0 aromatic carbocycles. The van der Waals surface area contributed by atoms with Gasteiger partial charge in [0.15, 0.2) is 0 Å². The maximum atomic E-state index is 11.0. The van der Waals surface area contributed by atoms with Gasteiger partial charge in [0.2, 0.25) is 5.91 Å². The second-order valence-corrected chi connectivity index (χ2v) is 2.86. The van der Waals surface area contributed by atoms with Crippen molar-refractivity contribution in [1.29, 1.82) is 0 Å². The van der Waals surface area contributed by atoms with Crippen LogP contribution in [-0.4, -0.2) is 11.4 Å². The highest BCUT2D eigenvalue weighted by atomic mass is 32.1. The number of carbonyl (C=O) groups excluding carboxylic acids is 1. The van der Waals surface area contributed by atoms with Crippen molar-refractivity contribution in [3.05, 3.63) is 23.8 Å². The van der Waals surface area contributed by atoms with E-state index < -0.39 is 0 Å². The van der Waals surface area contributed by atoms with E-state index in [9.17, 15) is 4.79 Å². The molecule has 0 spiro atoms. The first-order chi connectivity index (χ1) is 5.83. The number of rotatable bonds is 3. The molecule has 1 N–H and O–H groups in total. The minimum Gasteiger partial charge on any atom is -0.323 e. The highest BCUT2D eigenvalue weighted by Gasteiger charge is 2.03. The lowest BCUT2D eigenvalue weighted by molar-refractivity contribution is -0.118. The molecule has 0 atom stereocenters. The van der Waals surface area contributed by atoms with E-state index in [1.165, 1.54) is 5.49 Å². The van der Waals surface area contributed by atoms with Crippen LogP contribution in [-0.2, 0) is 4.79 Å². The fourth-order valence-electron chi connectivity index (χ4n) is 1.10. The first kappa shape index (κ1) is 9.13.